The van der Waals surface area contributed by atoms with Crippen LogP contribution in [0.5, 0.6) is 0 Å². The molecule has 7 heteroatoms. The molecule has 0 saturated carbocycles. The van der Waals surface area contributed by atoms with Crippen LogP contribution in [0.3, 0.4) is 0 Å². The van der Waals surface area contributed by atoms with E-state index in [4.69, 9.17) is 5.73 Å². The molecule has 6 nitrogen and oxygen atoms in total. The fourth-order valence-electron chi connectivity index (χ4n) is 1.76. The zero-order valence-corrected chi connectivity index (χ0v) is 14.7. The molecule has 1 atom stereocenters. The SMILES string of the molecule is C/C(=C/C(C)C)[C@@H](CN)N(C)C(=O)CNO[CH-]C=O.[Fm]. The molecular formula is C13H24FmN3O3-. The van der Waals surface area contributed by atoms with Gasteiger partial charge in [-0.25, -0.2) is 5.48 Å². The number of amides is 1. The summed E-state index contributed by atoms with van der Waals surface area (Å²) >= 11 is 0. The Kier molecular flexibility index (Phi) is 10.5. The van der Waals surface area contributed by atoms with E-state index in [-0.39, 0.29) is 18.5 Å². The van der Waals surface area contributed by atoms with Crippen molar-refractivity contribution in [1.29, 1.82) is 0 Å². The second-order valence-corrected chi connectivity index (χ2v) is 4.62. The van der Waals surface area contributed by atoms with Crippen molar-refractivity contribution in [3.63, 3.8) is 0 Å². The molecule has 0 aromatic heterocycles. The number of likely N-dealkylation sites (N-methyl/N-ethyl adjacent to an activating group) is 1. The molecule has 3 N–H and O–H groups in total. The average molecular weight is 527 g/mol. The molecule has 0 rings (SSSR count). The van der Waals surface area contributed by atoms with Crippen LogP contribution < -0.4 is 11.2 Å². The zero-order chi connectivity index (χ0) is 14.8. The number of carbonyl (C=O) groups is 2. The monoisotopic (exact) mass is 527 g/mol. The predicted molar refractivity (Wildman–Crippen MR) is 73.7 cm³/mol. The smallest absolute Gasteiger partial charge is 0.239 e. The molecule has 0 aromatic rings. The normalized spacial score (nSPS) is 12.6. The van der Waals surface area contributed by atoms with E-state index in [0.29, 0.717) is 18.7 Å². The second kappa shape index (κ2) is 10.5. The Balaban J connectivity index is 0. The minimum Gasteiger partial charge on any atom is -0.448 e. The molecule has 0 fully saturated rings. The molecule has 0 aliphatic heterocycles. The Hall–Kier alpha value is -2.37. The molecule has 0 aromatic carbocycles. The van der Waals surface area contributed by atoms with Crippen molar-refractivity contribution in [3.8, 4) is 0 Å². The Morgan fingerprint density at radius 2 is 2.10 bits per heavy atom. The number of hydrogen-bond donors (Lipinski definition) is 2. The van der Waals surface area contributed by atoms with Gasteiger partial charge in [0.1, 0.15) is 0 Å². The maximum atomic E-state index is 11.9. The molecule has 0 aliphatic carbocycles. The topological polar surface area (TPSA) is 84.7 Å². The number of hydrogen-bond acceptors (Lipinski definition) is 5. The van der Waals surface area contributed by atoms with Gasteiger partial charge in [0.25, 0.3) is 0 Å². The second-order valence-electron chi connectivity index (χ2n) is 4.62. The first-order valence-electron chi connectivity index (χ1n) is 6.23. The summed E-state index contributed by atoms with van der Waals surface area (Å²) in [5, 5.41) is 0. The fraction of sp³-hybridized carbons (Fsp3) is 0.615. The van der Waals surface area contributed by atoms with Gasteiger partial charge in [-0.05, 0) is 12.8 Å². The van der Waals surface area contributed by atoms with E-state index in [0.717, 1.165) is 12.2 Å². The number of allylic oxidation sites excluding steroid dienone is 1. The van der Waals surface area contributed by atoms with Crippen molar-refractivity contribution >= 4 is 12.2 Å². The molecule has 0 bridgehead atoms. The number of rotatable bonds is 9. The van der Waals surface area contributed by atoms with Crippen molar-refractivity contribution in [1.82, 2.24) is 10.4 Å². The third-order valence-electron chi connectivity index (χ3n) is 2.64. The summed E-state index contributed by atoms with van der Waals surface area (Å²) in [7, 11) is 1.70. The van der Waals surface area contributed by atoms with Gasteiger partial charge in [0.15, 0.2) is 0 Å². The molecular weight excluding hydrogens is 503 g/mol. The number of aldehydes is 1. The largest absolute Gasteiger partial charge is 0.448 e. The van der Waals surface area contributed by atoms with Crippen molar-refractivity contribution < 1.29 is 14.4 Å². The van der Waals surface area contributed by atoms with Crippen LogP contribution in [0.15, 0.2) is 11.6 Å². The van der Waals surface area contributed by atoms with Crippen LogP contribution in [-0.4, -0.2) is 43.3 Å². The van der Waals surface area contributed by atoms with Crippen molar-refractivity contribution in [2.45, 2.75) is 26.8 Å². The number of nitrogens with zero attached hydrogens (tertiary/aromatic N) is 1. The molecule has 0 unspecified atom stereocenters. The third kappa shape index (κ3) is 7.15. The molecule has 0 aliphatic rings. The van der Waals surface area contributed by atoms with E-state index in [1.807, 2.05) is 6.92 Å². The minimum atomic E-state index is -0.161. The first-order chi connectivity index (χ1) is 8.93. The van der Waals surface area contributed by atoms with Crippen molar-refractivity contribution in [2.24, 2.45) is 11.7 Å². The van der Waals surface area contributed by atoms with E-state index in [1.54, 1.807) is 11.9 Å². The van der Waals surface area contributed by atoms with Crippen LogP contribution in [-0.2, 0) is 14.4 Å². The minimum absolute atomic E-state index is 0. The first kappa shape index (κ1) is 20.0. The summed E-state index contributed by atoms with van der Waals surface area (Å²) in [4.78, 5) is 28.1. The van der Waals surface area contributed by atoms with Gasteiger partial charge < -0.3 is 20.3 Å². The van der Waals surface area contributed by atoms with Gasteiger partial charge in [0.05, 0.1) is 12.6 Å². The molecule has 0 spiro atoms. The number of carbonyl (C=O) groups excluding carboxylic acids is 2. The summed E-state index contributed by atoms with van der Waals surface area (Å²) in [6.45, 7) is 7.38. The van der Waals surface area contributed by atoms with Crippen LogP contribution in [0.1, 0.15) is 20.8 Å². The Morgan fingerprint density at radius 1 is 1.50 bits per heavy atom. The molecule has 1 amide bonds. The van der Waals surface area contributed by atoms with E-state index in [9.17, 15) is 9.59 Å². The van der Waals surface area contributed by atoms with Crippen molar-refractivity contribution in [2.75, 3.05) is 20.1 Å². The van der Waals surface area contributed by atoms with Crippen LogP contribution in [0, 0.1) is 12.5 Å². The summed E-state index contributed by atoms with van der Waals surface area (Å²) in [5.74, 6) is 0.243. The third-order valence-corrected chi connectivity index (χ3v) is 2.64. The number of nitrogens with two attached hydrogens (primary N) is 1. The van der Waals surface area contributed by atoms with Gasteiger partial charge >= 0.3 is 0 Å². The summed E-state index contributed by atoms with van der Waals surface area (Å²) in [6, 6.07) is -0.133. The van der Waals surface area contributed by atoms with E-state index in [2.05, 4.69) is 30.2 Å². The molecule has 0 heterocycles. The predicted octanol–water partition coefficient (Wildman–Crippen LogP) is 0.256. The van der Waals surface area contributed by atoms with Crippen LogP contribution in [0.4, 0.5) is 0 Å². The Labute approximate surface area is 114 Å². The van der Waals surface area contributed by atoms with E-state index < -0.39 is 0 Å². The fourth-order valence-corrected chi connectivity index (χ4v) is 1.76. The van der Waals surface area contributed by atoms with Gasteiger partial charge in [0, 0.05) is 19.9 Å². The van der Waals surface area contributed by atoms with Crippen LogP contribution >= 0.6 is 0 Å². The Bertz CT molecular complexity index is 322. The maximum absolute atomic E-state index is 11.9. The summed E-state index contributed by atoms with van der Waals surface area (Å²) in [6.07, 6.45) is 2.57. The Morgan fingerprint density at radius 3 is 2.55 bits per heavy atom. The summed E-state index contributed by atoms with van der Waals surface area (Å²) < 4.78 is 0. The standard InChI is InChI=1S/C13H24N3O3.Fm/c1-10(2)7-11(3)12(8-14)16(4)13(18)9-15-19-6-5-17;/h5-7,10,12,15H,8-9,14H2,1-4H3;/q-1;/b11-7-;/t12-;/m1./s1. The van der Waals surface area contributed by atoms with Gasteiger partial charge in [-0.1, -0.05) is 25.5 Å². The molecule has 0 radical (unpaired) electrons. The maximum Gasteiger partial charge on any atom is 0.239 e. The quantitative estimate of drug-likeness (QED) is 0.148. The van der Waals surface area contributed by atoms with Crippen LogP contribution in [0.25, 0.3) is 0 Å². The summed E-state index contributed by atoms with van der Waals surface area (Å²) in [5.41, 5.74) is 9.18. The molecule has 122 valence electrons. The average Bonchev–Trinajstić information content (AvgIpc) is 2.34. The van der Waals surface area contributed by atoms with Gasteiger partial charge in [0.2, 0.25) is 5.91 Å². The van der Waals surface area contributed by atoms with Gasteiger partial charge in [-0.15, -0.1) is 0 Å². The first-order valence-corrected chi connectivity index (χ1v) is 6.23. The van der Waals surface area contributed by atoms with Gasteiger partial charge in [-0.2, -0.15) is 6.61 Å². The van der Waals surface area contributed by atoms with E-state index in [1.165, 1.54) is 0 Å². The molecule has 20 heavy (non-hydrogen) atoms. The van der Waals surface area contributed by atoms with Crippen molar-refractivity contribution in [3.05, 3.63) is 18.3 Å². The number of hydroxylamine groups is 1. The van der Waals surface area contributed by atoms with Gasteiger partial charge in [-0.3, -0.25) is 4.79 Å². The number of nitrogens with one attached hydrogen (secondary N) is 1. The van der Waals surface area contributed by atoms with Crippen LogP contribution in [0.2, 0.25) is 0 Å². The molecule has 0 saturated heterocycles. The van der Waals surface area contributed by atoms with E-state index >= 15 is 0 Å². The zero-order valence-electron chi connectivity index (χ0n) is 12.3.